The Balaban J connectivity index is 2.05. The molecular formula is C16H14N2O2S. The van der Waals surface area contributed by atoms with E-state index in [2.05, 4.69) is 6.07 Å². The van der Waals surface area contributed by atoms with E-state index in [1.54, 1.807) is 18.2 Å². The minimum Gasteiger partial charge on any atom is -0.207 e. The van der Waals surface area contributed by atoms with Gasteiger partial charge in [-0.3, -0.25) is 0 Å². The third kappa shape index (κ3) is 2.33. The van der Waals surface area contributed by atoms with E-state index >= 15 is 0 Å². The first-order chi connectivity index (χ1) is 10.1. The summed E-state index contributed by atoms with van der Waals surface area (Å²) in [6, 6.07) is 18.1. The number of nitriles is 1. The van der Waals surface area contributed by atoms with E-state index in [0.29, 0.717) is 4.90 Å². The third-order valence-electron chi connectivity index (χ3n) is 3.68. The van der Waals surface area contributed by atoms with Crippen molar-refractivity contribution in [1.82, 2.24) is 4.31 Å². The lowest BCUT2D eigenvalue weighted by Crippen LogP contribution is -2.27. The zero-order valence-electron chi connectivity index (χ0n) is 11.3. The van der Waals surface area contributed by atoms with Crippen LogP contribution < -0.4 is 0 Å². The summed E-state index contributed by atoms with van der Waals surface area (Å²) in [7, 11) is -3.53. The summed E-state index contributed by atoms with van der Waals surface area (Å²) < 4.78 is 26.8. The van der Waals surface area contributed by atoms with Crippen LogP contribution in [-0.4, -0.2) is 12.7 Å². The van der Waals surface area contributed by atoms with Crippen molar-refractivity contribution in [2.24, 2.45) is 0 Å². The summed E-state index contributed by atoms with van der Waals surface area (Å²) in [5.74, 6) is 0. The van der Waals surface area contributed by atoms with Crippen molar-refractivity contribution < 1.29 is 8.42 Å². The molecule has 1 atom stereocenters. The van der Waals surface area contributed by atoms with Crippen LogP contribution in [0, 0.1) is 11.3 Å². The fourth-order valence-electron chi connectivity index (χ4n) is 2.70. The molecule has 2 aromatic rings. The molecule has 0 spiro atoms. The molecule has 5 heteroatoms. The Kier molecular flexibility index (Phi) is 3.50. The molecule has 0 unspecified atom stereocenters. The Morgan fingerprint density at radius 3 is 2.43 bits per heavy atom. The van der Waals surface area contributed by atoms with Crippen molar-refractivity contribution >= 4 is 10.0 Å². The van der Waals surface area contributed by atoms with Crippen molar-refractivity contribution in [2.75, 3.05) is 0 Å². The molecule has 1 aliphatic rings. The van der Waals surface area contributed by atoms with Crippen molar-refractivity contribution in [2.45, 2.75) is 23.9 Å². The summed E-state index contributed by atoms with van der Waals surface area (Å²) >= 11 is 0. The second-order valence-electron chi connectivity index (χ2n) is 4.95. The molecule has 0 saturated carbocycles. The lowest BCUT2D eigenvalue weighted by molar-refractivity contribution is 0.338. The topological polar surface area (TPSA) is 61.2 Å². The van der Waals surface area contributed by atoms with E-state index in [0.717, 1.165) is 11.1 Å². The summed E-state index contributed by atoms with van der Waals surface area (Å²) in [5, 5.41) is 9.03. The van der Waals surface area contributed by atoms with E-state index in [-0.39, 0.29) is 13.0 Å². The zero-order chi connectivity index (χ0) is 14.9. The summed E-state index contributed by atoms with van der Waals surface area (Å²) in [5.41, 5.74) is 1.63. The largest absolute Gasteiger partial charge is 0.244 e. The maximum absolute atomic E-state index is 12.7. The van der Waals surface area contributed by atoms with Crippen molar-refractivity contribution in [1.29, 1.82) is 5.26 Å². The molecule has 0 amide bonds. The van der Waals surface area contributed by atoms with Gasteiger partial charge in [0.15, 0.2) is 0 Å². The van der Waals surface area contributed by atoms with Crippen molar-refractivity contribution in [3.63, 3.8) is 0 Å². The van der Waals surface area contributed by atoms with E-state index in [1.165, 1.54) is 4.31 Å². The second kappa shape index (κ2) is 5.32. The predicted molar refractivity (Wildman–Crippen MR) is 78.6 cm³/mol. The van der Waals surface area contributed by atoms with Gasteiger partial charge < -0.3 is 0 Å². The van der Waals surface area contributed by atoms with E-state index in [4.69, 9.17) is 5.26 Å². The van der Waals surface area contributed by atoms with Crippen molar-refractivity contribution in [3.8, 4) is 6.07 Å². The fraction of sp³-hybridized carbons (Fsp3) is 0.188. The van der Waals surface area contributed by atoms with Gasteiger partial charge in [0.05, 0.1) is 23.4 Å². The second-order valence-corrected chi connectivity index (χ2v) is 6.81. The average molecular weight is 298 g/mol. The number of rotatable bonds is 3. The first-order valence-corrected chi connectivity index (χ1v) is 8.10. The van der Waals surface area contributed by atoms with Crippen LogP contribution in [0.2, 0.25) is 0 Å². The van der Waals surface area contributed by atoms with E-state index in [9.17, 15) is 8.42 Å². The minimum atomic E-state index is -3.53. The molecule has 1 aliphatic heterocycles. The molecule has 1 heterocycles. The maximum Gasteiger partial charge on any atom is 0.244 e. The van der Waals surface area contributed by atoms with Gasteiger partial charge in [-0.15, -0.1) is 0 Å². The fourth-order valence-corrected chi connectivity index (χ4v) is 4.54. The molecule has 0 aromatic heterocycles. The molecule has 3 rings (SSSR count). The van der Waals surface area contributed by atoms with Crippen LogP contribution >= 0.6 is 0 Å². The molecule has 2 aromatic carbocycles. The molecule has 0 radical (unpaired) electrons. The monoisotopic (exact) mass is 298 g/mol. The van der Waals surface area contributed by atoms with Crippen LogP contribution in [0.1, 0.15) is 23.6 Å². The molecule has 21 heavy (non-hydrogen) atoms. The van der Waals surface area contributed by atoms with Crippen LogP contribution in [0.3, 0.4) is 0 Å². The van der Waals surface area contributed by atoms with Gasteiger partial charge in [-0.1, -0.05) is 48.5 Å². The number of hydrogen-bond acceptors (Lipinski definition) is 3. The van der Waals surface area contributed by atoms with Crippen LogP contribution in [0.5, 0.6) is 0 Å². The predicted octanol–water partition coefficient (Wildman–Crippen LogP) is 2.85. The van der Waals surface area contributed by atoms with Gasteiger partial charge in [-0.05, 0) is 17.2 Å². The highest BCUT2D eigenvalue weighted by molar-refractivity contribution is 7.89. The highest BCUT2D eigenvalue weighted by Crippen LogP contribution is 2.41. The molecule has 0 aliphatic carbocycles. The Hall–Kier alpha value is -2.16. The molecular weight excluding hydrogens is 284 g/mol. The van der Waals surface area contributed by atoms with Crippen LogP contribution in [0.25, 0.3) is 0 Å². The van der Waals surface area contributed by atoms with Gasteiger partial charge in [0, 0.05) is 6.54 Å². The summed E-state index contributed by atoms with van der Waals surface area (Å²) in [6.07, 6.45) is 0.156. The number of benzene rings is 2. The lowest BCUT2D eigenvalue weighted by Gasteiger charge is -2.21. The average Bonchev–Trinajstić information content (AvgIpc) is 2.71. The van der Waals surface area contributed by atoms with Crippen LogP contribution in [-0.2, 0) is 16.6 Å². The first kappa shape index (κ1) is 13.8. The quantitative estimate of drug-likeness (QED) is 0.875. The Bertz CT molecular complexity index is 795. The Labute approximate surface area is 124 Å². The smallest absolute Gasteiger partial charge is 0.207 e. The molecule has 106 valence electrons. The molecule has 0 bridgehead atoms. The third-order valence-corrected chi connectivity index (χ3v) is 5.61. The number of hydrogen-bond donors (Lipinski definition) is 0. The van der Waals surface area contributed by atoms with Gasteiger partial charge in [0.2, 0.25) is 10.0 Å². The minimum absolute atomic E-state index is 0.156. The molecule has 0 N–H and O–H groups in total. The highest BCUT2D eigenvalue weighted by Gasteiger charge is 2.42. The van der Waals surface area contributed by atoms with Gasteiger partial charge in [0.25, 0.3) is 0 Å². The zero-order valence-corrected chi connectivity index (χ0v) is 12.1. The standard InChI is InChI=1S/C16H14N2O2S/c17-11-10-15-14-8-4-5-9-16(14)21(19,20)18(15)12-13-6-2-1-3-7-13/h1-9,15H,10,12H2/t15-/m0/s1. The first-order valence-electron chi connectivity index (χ1n) is 6.66. The number of nitrogens with zero attached hydrogens (tertiary/aromatic N) is 2. The lowest BCUT2D eigenvalue weighted by atomic mass is 10.0. The Morgan fingerprint density at radius 2 is 1.71 bits per heavy atom. The van der Waals surface area contributed by atoms with Crippen molar-refractivity contribution in [3.05, 3.63) is 65.7 Å². The maximum atomic E-state index is 12.7. The van der Waals surface area contributed by atoms with Gasteiger partial charge in [0.1, 0.15) is 0 Å². The number of fused-ring (bicyclic) bond motifs is 1. The highest BCUT2D eigenvalue weighted by atomic mass is 32.2. The van der Waals surface area contributed by atoms with Gasteiger partial charge in [-0.25, -0.2) is 8.42 Å². The van der Waals surface area contributed by atoms with Crippen LogP contribution in [0.15, 0.2) is 59.5 Å². The van der Waals surface area contributed by atoms with E-state index < -0.39 is 16.1 Å². The molecule has 4 nitrogen and oxygen atoms in total. The number of sulfonamides is 1. The van der Waals surface area contributed by atoms with E-state index in [1.807, 2.05) is 36.4 Å². The van der Waals surface area contributed by atoms with Gasteiger partial charge in [-0.2, -0.15) is 9.57 Å². The SMILES string of the molecule is N#CC[C@H]1c2ccccc2S(=O)(=O)N1Cc1ccccc1. The Morgan fingerprint density at radius 1 is 1.05 bits per heavy atom. The van der Waals surface area contributed by atoms with Crippen LogP contribution in [0.4, 0.5) is 0 Å². The summed E-state index contributed by atoms with van der Waals surface area (Å²) in [4.78, 5) is 0.321. The van der Waals surface area contributed by atoms with Gasteiger partial charge >= 0.3 is 0 Å². The normalized spacial score (nSPS) is 19.9. The summed E-state index contributed by atoms with van der Waals surface area (Å²) in [6.45, 7) is 0.282. The molecule has 0 saturated heterocycles. The molecule has 0 fully saturated rings.